The number of carbonyl (C=O) groups excluding carboxylic acids is 1. The zero-order valence-corrected chi connectivity index (χ0v) is 19.7. The van der Waals surface area contributed by atoms with Crippen LogP contribution in [0.25, 0.3) is 0 Å². The van der Waals surface area contributed by atoms with Gasteiger partial charge in [-0.2, -0.15) is 0 Å². The molecule has 3 fully saturated rings. The summed E-state index contributed by atoms with van der Waals surface area (Å²) in [7, 11) is 14.4. The summed E-state index contributed by atoms with van der Waals surface area (Å²) >= 11 is -3.34. The number of rotatable bonds is 5. The molecular weight excluding hydrogens is 541 g/mol. The van der Waals surface area contributed by atoms with Crippen molar-refractivity contribution in [2.24, 2.45) is 0 Å². The Morgan fingerprint density at radius 3 is 1.17 bits per heavy atom. The molecule has 0 aromatic heterocycles. The maximum absolute atomic E-state index is 12.3. The Bertz CT molecular complexity index is 368. The van der Waals surface area contributed by atoms with Gasteiger partial charge in [0.25, 0.3) is 0 Å². The van der Waals surface area contributed by atoms with Crippen molar-refractivity contribution >= 4 is 28.9 Å². The topological polar surface area (TPSA) is 17.1 Å². The summed E-state index contributed by atoms with van der Waals surface area (Å²) in [5.74, 6) is 0. The molecule has 0 aliphatic heterocycles. The van der Waals surface area contributed by atoms with Crippen LogP contribution in [-0.2, 0) is 18.3 Å². The van der Waals surface area contributed by atoms with Crippen LogP contribution in [0.4, 0.5) is 0 Å². The summed E-state index contributed by atoms with van der Waals surface area (Å²) in [5, 5.41) is -1.98. The third-order valence-electron chi connectivity index (χ3n) is 7.08. The van der Waals surface area contributed by atoms with E-state index in [4.69, 9.17) is 18.8 Å². The molecule has 24 heavy (non-hydrogen) atoms. The first-order chi connectivity index (χ1) is 11.6. The second-order valence-electron chi connectivity index (χ2n) is 8.25. The van der Waals surface area contributed by atoms with Gasteiger partial charge in [-0.05, 0) is 0 Å². The fourth-order valence-electron chi connectivity index (χ4n) is 6.16. The summed E-state index contributed by atoms with van der Waals surface area (Å²) in [5.41, 5.74) is 2.28. The Balaban J connectivity index is 2.04. The van der Waals surface area contributed by atoms with E-state index in [9.17, 15) is 4.79 Å². The van der Waals surface area contributed by atoms with E-state index in [1.807, 2.05) is 0 Å². The van der Waals surface area contributed by atoms with Gasteiger partial charge in [0.05, 0.1) is 0 Å². The Morgan fingerprint density at radius 1 is 0.625 bits per heavy atom. The fourth-order valence-corrected chi connectivity index (χ4v) is 45.9. The molecule has 0 heterocycles. The average Bonchev–Trinajstić information content (AvgIpc) is 2.65. The van der Waals surface area contributed by atoms with Crippen LogP contribution in [0.1, 0.15) is 96.3 Å². The second kappa shape index (κ2) is 9.04. The Morgan fingerprint density at radius 2 is 0.917 bits per heavy atom. The molecule has 0 spiro atoms. The van der Waals surface area contributed by atoms with E-state index < -0.39 is 18.8 Å². The molecule has 0 bridgehead atoms. The van der Waals surface area contributed by atoms with E-state index in [1.165, 1.54) is 96.3 Å². The van der Waals surface area contributed by atoms with Crippen molar-refractivity contribution < 1.29 is 18.3 Å². The normalized spacial score (nSPS) is 27.8. The number of hydrogen-bond acceptors (Lipinski definition) is 1. The van der Waals surface area contributed by atoms with Crippen molar-refractivity contribution in [3.05, 3.63) is 0 Å². The number of halogens is 2. The van der Waals surface area contributed by atoms with Gasteiger partial charge in [0.2, 0.25) is 0 Å². The van der Waals surface area contributed by atoms with Gasteiger partial charge in [-0.15, -0.1) is 0 Å². The quantitative estimate of drug-likeness (QED) is 0.248. The SMILES string of the molecule is O=[CH][Pt]([Cl])([Cl])[PH](C1CCCCC1)(C1CCCCC1)C1CCCCC1. The molecule has 3 aliphatic rings. The van der Waals surface area contributed by atoms with Gasteiger partial charge >= 0.3 is 160 Å². The number of hydrogen-bond donors (Lipinski definition) is 0. The van der Waals surface area contributed by atoms with Crippen molar-refractivity contribution in [3.8, 4) is 0 Å². The van der Waals surface area contributed by atoms with E-state index in [-0.39, 0.29) is 0 Å². The Kier molecular flexibility index (Phi) is 7.57. The van der Waals surface area contributed by atoms with E-state index in [1.54, 1.807) is 0 Å². The minimum atomic E-state index is -3.34. The molecule has 3 rings (SSSR count). The van der Waals surface area contributed by atoms with Gasteiger partial charge in [0, 0.05) is 0 Å². The summed E-state index contributed by atoms with van der Waals surface area (Å²) in [6.45, 7) is 0. The molecule has 0 aromatic rings. The maximum atomic E-state index is 12.3. The molecule has 0 atom stereocenters. The van der Waals surface area contributed by atoms with Crippen molar-refractivity contribution in [3.63, 3.8) is 0 Å². The standard InChI is InChI=1S/C18H33P.CHO.2ClH.Pt/c1-4-10-16(11-5-1)19(17-12-6-2-7-13-17)18-14-8-3-9-15-18;1-2;;;/h16-18H,1-15H2;1H;2*1H;/q;;;;+1/p-1. The molecule has 3 aliphatic carbocycles. The van der Waals surface area contributed by atoms with Crippen LogP contribution in [0.15, 0.2) is 0 Å². The molecule has 146 valence electrons. The van der Waals surface area contributed by atoms with Crippen molar-refractivity contribution in [2.75, 3.05) is 0 Å². The molecule has 0 saturated heterocycles. The monoisotopic (exact) mass is 575 g/mol. The molecule has 0 N–H and O–H groups in total. The third-order valence-corrected chi connectivity index (χ3v) is 41.7. The van der Waals surface area contributed by atoms with Crippen LogP contribution in [0.5, 0.6) is 0 Å². The van der Waals surface area contributed by atoms with Gasteiger partial charge < -0.3 is 0 Å². The summed E-state index contributed by atoms with van der Waals surface area (Å²) < 4.78 is 1.15. The second-order valence-corrected chi connectivity index (χ2v) is 36.1. The van der Waals surface area contributed by atoms with Gasteiger partial charge in [0.15, 0.2) is 0 Å². The minimum absolute atomic E-state index is 0.759. The van der Waals surface area contributed by atoms with Crippen molar-refractivity contribution in [2.45, 2.75) is 113 Å². The first-order valence-corrected chi connectivity index (χ1v) is 22.5. The van der Waals surface area contributed by atoms with Crippen LogP contribution in [-0.4, -0.2) is 21.7 Å². The Hall–Kier alpha value is 1.37. The number of carbonyl (C=O) groups is 1. The first-order valence-electron chi connectivity index (χ1n) is 10.1. The molecule has 0 unspecified atom stereocenters. The average molecular weight is 576 g/mol. The van der Waals surface area contributed by atoms with Crippen LogP contribution in [0.2, 0.25) is 0 Å². The van der Waals surface area contributed by atoms with Crippen LogP contribution in [0.3, 0.4) is 0 Å². The summed E-state index contributed by atoms with van der Waals surface area (Å²) in [6.07, 6.45) is 20.2. The molecule has 0 amide bonds. The predicted octanol–water partition coefficient (Wildman–Crippen LogP) is 7.30. The third kappa shape index (κ3) is 3.81. The van der Waals surface area contributed by atoms with E-state index in [0.29, 0.717) is 0 Å². The molecular formula is C19H35Cl2OPPt. The molecule has 0 aromatic carbocycles. The van der Waals surface area contributed by atoms with Crippen LogP contribution >= 0.6 is 24.2 Å². The Labute approximate surface area is 159 Å². The van der Waals surface area contributed by atoms with Gasteiger partial charge in [-0.25, -0.2) is 0 Å². The van der Waals surface area contributed by atoms with Crippen molar-refractivity contribution in [1.82, 2.24) is 0 Å². The molecule has 5 heteroatoms. The summed E-state index contributed by atoms with van der Waals surface area (Å²) in [4.78, 5) is 12.3. The predicted molar refractivity (Wildman–Crippen MR) is 107 cm³/mol. The first kappa shape index (κ1) is 20.1. The molecule has 0 radical (unpaired) electrons. The summed E-state index contributed by atoms with van der Waals surface area (Å²) in [6, 6.07) is 0. The molecule has 1 nitrogen and oxygen atoms in total. The molecule has 3 saturated carbocycles. The zero-order valence-electron chi connectivity index (χ0n) is 14.9. The van der Waals surface area contributed by atoms with E-state index in [2.05, 4.69) is 0 Å². The zero-order chi connectivity index (χ0) is 17.0. The van der Waals surface area contributed by atoms with E-state index >= 15 is 0 Å². The van der Waals surface area contributed by atoms with Gasteiger partial charge in [-0.1, -0.05) is 0 Å². The van der Waals surface area contributed by atoms with Gasteiger partial charge in [0.1, 0.15) is 0 Å². The fraction of sp³-hybridized carbons (Fsp3) is 0.947. The van der Waals surface area contributed by atoms with Crippen LogP contribution < -0.4 is 0 Å². The van der Waals surface area contributed by atoms with Crippen molar-refractivity contribution in [1.29, 1.82) is 0 Å². The van der Waals surface area contributed by atoms with Crippen LogP contribution in [0, 0.1) is 0 Å². The van der Waals surface area contributed by atoms with E-state index in [0.717, 1.165) is 21.7 Å². The van der Waals surface area contributed by atoms with Gasteiger partial charge in [-0.3, -0.25) is 0 Å².